The van der Waals surface area contributed by atoms with Crippen LogP contribution in [-0.2, 0) is 9.84 Å². The molecule has 1 heterocycles. The Labute approximate surface area is 132 Å². The van der Waals surface area contributed by atoms with E-state index >= 15 is 0 Å². The molecule has 6 heteroatoms. The van der Waals surface area contributed by atoms with Gasteiger partial charge in [-0.25, -0.2) is 8.42 Å². The maximum Gasteiger partial charge on any atom is 0.253 e. The fourth-order valence-corrected chi connectivity index (χ4v) is 3.36. The Hall–Kier alpha value is -1.40. The Balaban J connectivity index is 2.04. The van der Waals surface area contributed by atoms with Crippen LogP contribution in [0.3, 0.4) is 0 Å². The molecule has 122 valence electrons. The Morgan fingerprint density at radius 2 is 1.82 bits per heavy atom. The van der Waals surface area contributed by atoms with Gasteiger partial charge in [0.2, 0.25) is 0 Å². The number of nitrogens with zero attached hydrogens (tertiary/aromatic N) is 2. The molecule has 0 N–H and O–H groups in total. The number of carbonyl (C=O) groups is 1. The summed E-state index contributed by atoms with van der Waals surface area (Å²) in [5.74, 6) is 0.531. The van der Waals surface area contributed by atoms with Gasteiger partial charge in [0.05, 0.1) is 4.90 Å². The van der Waals surface area contributed by atoms with Crippen molar-refractivity contribution in [1.29, 1.82) is 0 Å². The molecule has 0 saturated carbocycles. The van der Waals surface area contributed by atoms with E-state index in [1.54, 1.807) is 17.0 Å². The quantitative estimate of drug-likeness (QED) is 0.842. The molecule has 0 atom stereocenters. The summed E-state index contributed by atoms with van der Waals surface area (Å²) in [6.45, 7) is 8.54. The van der Waals surface area contributed by atoms with Gasteiger partial charge in [0.25, 0.3) is 5.91 Å². The lowest BCUT2D eigenvalue weighted by Crippen LogP contribution is -2.49. The van der Waals surface area contributed by atoms with Gasteiger partial charge in [-0.1, -0.05) is 19.9 Å². The molecule has 1 aromatic rings. The molecule has 1 fully saturated rings. The molecule has 1 aromatic carbocycles. The first kappa shape index (κ1) is 17.0. The molecule has 22 heavy (non-hydrogen) atoms. The maximum absolute atomic E-state index is 12.5. The SMILES string of the molecule is CC(C)CN1CCN(C(=O)c2cccc(S(C)(=O)=O)c2)CC1. The van der Waals surface area contributed by atoms with Crippen LogP contribution in [0.2, 0.25) is 0 Å². The summed E-state index contributed by atoms with van der Waals surface area (Å²) in [4.78, 5) is 16.9. The van der Waals surface area contributed by atoms with E-state index in [1.807, 2.05) is 0 Å². The van der Waals surface area contributed by atoms with E-state index in [-0.39, 0.29) is 10.8 Å². The van der Waals surface area contributed by atoms with Crippen molar-refractivity contribution in [3.63, 3.8) is 0 Å². The van der Waals surface area contributed by atoms with E-state index in [4.69, 9.17) is 0 Å². The van der Waals surface area contributed by atoms with E-state index in [9.17, 15) is 13.2 Å². The monoisotopic (exact) mass is 324 g/mol. The zero-order chi connectivity index (χ0) is 16.3. The zero-order valence-corrected chi connectivity index (χ0v) is 14.3. The maximum atomic E-state index is 12.5. The molecule has 0 unspecified atom stereocenters. The molecule has 0 spiro atoms. The Morgan fingerprint density at radius 1 is 1.18 bits per heavy atom. The zero-order valence-electron chi connectivity index (χ0n) is 13.4. The van der Waals surface area contributed by atoms with Crippen LogP contribution in [0.4, 0.5) is 0 Å². The molecular weight excluding hydrogens is 300 g/mol. The second-order valence-corrected chi connectivity index (χ2v) is 8.30. The van der Waals surface area contributed by atoms with Gasteiger partial charge in [0.1, 0.15) is 0 Å². The highest BCUT2D eigenvalue weighted by Crippen LogP contribution is 2.15. The summed E-state index contributed by atoms with van der Waals surface area (Å²) in [6.07, 6.45) is 1.15. The minimum absolute atomic E-state index is 0.0882. The number of carbonyl (C=O) groups excluding carboxylic acids is 1. The van der Waals surface area contributed by atoms with Crippen LogP contribution in [0.1, 0.15) is 24.2 Å². The standard InChI is InChI=1S/C16H24N2O3S/c1-13(2)12-17-7-9-18(10-8-17)16(19)14-5-4-6-15(11-14)22(3,20)21/h4-6,11,13H,7-10,12H2,1-3H3. The minimum Gasteiger partial charge on any atom is -0.336 e. The number of piperazine rings is 1. The van der Waals surface area contributed by atoms with Crippen molar-refractivity contribution >= 4 is 15.7 Å². The van der Waals surface area contributed by atoms with Crippen LogP contribution in [0.15, 0.2) is 29.2 Å². The van der Waals surface area contributed by atoms with Gasteiger partial charge in [-0.15, -0.1) is 0 Å². The second kappa shape index (κ2) is 6.79. The third-order valence-electron chi connectivity index (χ3n) is 3.79. The van der Waals surface area contributed by atoms with Gasteiger partial charge in [0, 0.05) is 44.5 Å². The average molecular weight is 324 g/mol. The molecule has 0 radical (unpaired) electrons. The molecule has 2 rings (SSSR count). The Kier molecular flexibility index (Phi) is 5.24. The molecule has 1 saturated heterocycles. The lowest BCUT2D eigenvalue weighted by Gasteiger charge is -2.35. The lowest BCUT2D eigenvalue weighted by atomic mass is 10.1. The molecule has 1 aliphatic heterocycles. The normalized spacial score (nSPS) is 17.0. The van der Waals surface area contributed by atoms with E-state index in [0.29, 0.717) is 24.6 Å². The minimum atomic E-state index is -3.29. The van der Waals surface area contributed by atoms with Crippen molar-refractivity contribution < 1.29 is 13.2 Å². The summed E-state index contributed by atoms with van der Waals surface area (Å²) < 4.78 is 23.2. The molecule has 0 aromatic heterocycles. The highest BCUT2D eigenvalue weighted by atomic mass is 32.2. The van der Waals surface area contributed by atoms with Crippen LogP contribution in [-0.4, -0.2) is 63.1 Å². The predicted molar refractivity (Wildman–Crippen MR) is 86.7 cm³/mol. The van der Waals surface area contributed by atoms with Crippen molar-refractivity contribution in [2.24, 2.45) is 5.92 Å². The van der Waals surface area contributed by atoms with E-state index in [2.05, 4.69) is 18.7 Å². The fourth-order valence-electron chi connectivity index (χ4n) is 2.69. The van der Waals surface area contributed by atoms with Crippen LogP contribution in [0, 0.1) is 5.92 Å². The summed E-state index contributed by atoms with van der Waals surface area (Å²) in [5, 5.41) is 0. The lowest BCUT2D eigenvalue weighted by molar-refractivity contribution is 0.0623. The van der Waals surface area contributed by atoms with E-state index in [0.717, 1.165) is 25.9 Å². The Bertz CT molecular complexity index is 633. The second-order valence-electron chi connectivity index (χ2n) is 6.29. The van der Waals surface area contributed by atoms with Crippen LogP contribution < -0.4 is 0 Å². The topological polar surface area (TPSA) is 57.7 Å². The van der Waals surface area contributed by atoms with Gasteiger partial charge >= 0.3 is 0 Å². The number of benzene rings is 1. The highest BCUT2D eigenvalue weighted by molar-refractivity contribution is 7.90. The third-order valence-corrected chi connectivity index (χ3v) is 4.90. The fraction of sp³-hybridized carbons (Fsp3) is 0.562. The van der Waals surface area contributed by atoms with Crippen molar-refractivity contribution in [1.82, 2.24) is 9.80 Å². The summed E-state index contributed by atoms with van der Waals surface area (Å²) in [5.41, 5.74) is 0.445. The largest absolute Gasteiger partial charge is 0.336 e. The summed E-state index contributed by atoms with van der Waals surface area (Å²) in [6, 6.07) is 6.29. The van der Waals surface area contributed by atoms with Crippen molar-refractivity contribution in [3.05, 3.63) is 29.8 Å². The molecule has 0 bridgehead atoms. The number of amides is 1. The van der Waals surface area contributed by atoms with Crippen molar-refractivity contribution in [2.75, 3.05) is 39.0 Å². The highest BCUT2D eigenvalue weighted by Gasteiger charge is 2.23. The molecule has 1 aliphatic rings. The van der Waals surface area contributed by atoms with Crippen LogP contribution in [0.5, 0.6) is 0 Å². The number of rotatable bonds is 4. The van der Waals surface area contributed by atoms with Crippen LogP contribution in [0.25, 0.3) is 0 Å². The number of hydrogen-bond acceptors (Lipinski definition) is 4. The van der Waals surface area contributed by atoms with Crippen LogP contribution >= 0.6 is 0 Å². The first-order valence-electron chi connectivity index (χ1n) is 7.59. The van der Waals surface area contributed by atoms with Crippen molar-refractivity contribution in [2.45, 2.75) is 18.7 Å². The van der Waals surface area contributed by atoms with Gasteiger partial charge in [0.15, 0.2) is 9.84 Å². The van der Waals surface area contributed by atoms with Crippen molar-refractivity contribution in [3.8, 4) is 0 Å². The first-order valence-corrected chi connectivity index (χ1v) is 9.48. The van der Waals surface area contributed by atoms with Gasteiger partial charge in [-0.3, -0.25) is 9.69 Å². The Morgan fingerprint density at radius 3 is 2.36 bits per heavy atom. The van der Waals surface area contributed by atoms with E-state index in [1.165, 1.54) is 12.1 Å². The summed E-state index contributed by atoms with van der Waals surface area (Å²) in [7, 11) is -3.29. The molecule has 0 aliphatic carbocycles. The number of hydrogen-bond donors (Lipinski definition) is 0. The predicted octanol–water partition coefficient (Wildman–Crippen LogP) is 1.50. The first-order chi connectivity index (χ1) is 10.3. The van der Waals surface area contributed by atoms with Gasteiger partial charge in [-0.05, 0) is 24.1 Å². The molecule has 1 amide bonds. The van der Waals surface area contributed by atoms with E-state index < -0.39 is 9.84 Å². The number of sulfone groups is 1. The average Bonchev–Trinajstić information content (AvgIpc) is 2.46. The summed E-state index contributed by atoms with van der Waals surface area (Å²) >= 11 is 0. The van der Waals surface area contributed by atoms with Gasteiger partial charge in [-0.2, -0.15) is 0 Å². The molecule has 5 nitrogen and oxygen atoms in total. The molecular formula is C16H24N2O3S. The van der Waals surface area contributed by atoms with Gasteiger partial charge < -0.3 is 4.90 Å². The smallest absolute Gasteiger partial charge is 0.253 e. The third kappa shape index (κ3) is 4.30.